The van der Waals surface area contributed by atoms with Crippen molar-refractivity contribution in [3.63, 3.8) is 0 Å². The van der Waals surface area contributed by atoms with Crippen molar-refractivity contribution in [3.05, 3.63) is 47.5 Å². The van der Waals surface area contributed by atoms with Crippen LogP contribution in [-0.2, 0) is 4.74 Å². The molecule has 20 heavy (non-hydrogen) atoms. The molecule has 5 rings (SSSR count). The van der Waals surface area contributed by atoms with Crippen LogP contribution in [0.25, 0.3) is 32.7 Å². The van der Waals surface area contributed by atoms with E-state index in [1.54, 1.807) is 0 Å². The summed E-state index contributed by atoms with van der Waals surface area (Å²) in [6.07, 6.45) is 0. The second kappa shape index (κ2) is 2.99. The van der Waals surface area contributed by atoms with Crippen LogP contribution in [-0.4, -0.2) is 11.9 Å². The quantitative estimate of drug-likeness (QED) is 0.276. The van der Waals surface area contributed by atoms with Gasteiger partial charge in [0.1, 0.15) is 11.1 Å². The molecule has 94 valence electrons. The van der Waals surface area contributed by atoms with Gasteiger partial charge in [-0.05, 0) is 16.8 Å². The molecule has 0 N–H and O–H groups in total. The molecule has 0 radical (unpaired) electrons. The molecule has 4 aromatic rings. The van der Waals surface area contributed by atoms with Crippen LogP contribution < -0.4 is 0 Å². The minimum Gasteiger partial charge on any atom is -0.454 e. The van der Waals surface area contributed by atoms with Crippen LogP contribution in [0.2, 0.25) is 0 Å². The van der Waals surface area contributed by atoms with E-state index in [9.17, 15) is 9.59 Å². The predicted octanol–water partition coefficient (Wildman–Crippen LogP) is 3.49. The highest BCUT2D eigenvalue weighted by molar-refractivity contribution is 6.33. The molecule has 2 aromatic carbocycles. The Morgan fingerprint density at radius 1 is 0.750 bits per heavy atom. The largest absolute Gasteiger partial charge is 0.454 e. The summed E-state index contributed by atoms with van der Waals surface area (Å²) in [7, 11) is 0. The molecule has 0 fully saturated rings. The number of carbonyl (C=O) groups excluding carboxylic acids is 2. The Labute approximate surface area is 111 Å². The first kappa shape index (κ1) is 9.97. The fourth-order valence-electron chi connectivity index (χ4n) is 3.08. The third-order valence-corrected chi connectivity index (χ3v) is 3.90. The maximum atomic E-state index is 11.8. The first-order chi connectivity index (χ1) is 9.75. The molecule has 0 spiro atoms. The van der Waals surface area contributed by atoms with Crippen LogP contribution in [0.3, 0.4) is 0 Å². The summed E-state index contributed by atoms with van der Waals surface area (Å²) < 4.78 is 10.4. The number of ether oxygens (including phenoxy) is 1. The van der Waals surface area contributed by atoms with E-state index in [4.69, 9.17) is 4.42 Å². The summed E-state index contributed by atoms with van der Waals surface area (Å²) in [5, 5.41) is 3.80. The highest BCUT2D eigenvalue weighted by Crippen LogP contribution is 2.44. The zero-order valence-corrected chi connectivity index (χ0v) is 10.1. The Balaban J connectivity index is 2.11. The number of carbonyl (C=O) groups is 2. The predicted molar refractivity (Wildman–Crippen MR) is 72.2 cm³/mol. The lowest BCUT2D eigenvalue weighted by Gasteiger charge is -2.01. The van der Waals surface area contributed by atoms with Crippen LogP contribution in [0, 0.1) is 0 Å². The van der Waals surface area contributed by atoms with E-state index >= 15 is 0 Å². The third kappa shape index (κ3) is 0.924. The molecule has 0 atom stereocenters. The normalized spacial score (nSPS) is 14.6. The fourth-order valence-corrected chi connectivity index (χ4v) is 3.08. The van der Waals surface area contributed by atoms with E-state index in [1.165, 1.54) is 0 Å². The molecule has 0 aliphatic carbocycles. The van der Waals surface area contributed by atoms with Gasteiger partial charge in [-0.3, -0.25) is 0 Å². The van der Waals surface area contributed by atoms with Crippen molar-refractivity contribution in [2.75, 3.05) is 0 Å². The van der Waals surface area contributed by atoms with Gasteiger partial charge in [0.2, 0.25) is 0 Å². The van der Waals surface area contributed by atoms with Gasteiger partial charge >= 0.3 is 11.9 Å². The van der Waals surface area contributed by atoms with E-state index in [-0.39, 0.29) is 11.1 Å². The molecule has 2 bridgehead atoms. The highest BCUT2D eigenvalue weighted by atomic mass is 16.6. The van der Waals surface area contributed by atoms with E-state index in [2.05, 4.69) is 4.74 Å². The Morgan fingerprint density at radius 3 is 2.35 bits per heavy atom. The number of fused-ring (bicyclic) bond motifs is 10. The lowest BCUT2D eigenvalue weighted by atomic mass is 9.97. The van der Waals surface area contributed by atoms with Gasteiger partial charge in [0.05, 0.1) is 0 Å². The van der Waals surface area contributed by atoms with Crippen LogP contribution in [0.15, 0.2) is 40.8 Å². The zero-order valence-electron chi connectivity index (χ0n) is 10.1. The summed E-state index contributed by atoms with van der Waals surface area (Å²) in [4.78, 5) is 23.5. The van der Waals surface area contributed by atoms with E-state index in [1.807, 2.05) is 36.4 Å². The van der Waals surface area contributed by atoms with Gasteiger partial charge in [-0.1, -0.05) is 30.3 Å². The second-order valence-corrected chi connectivity index (χ2v) is 4.90. The maximum absolute atomic E-state index is 11.8. The summed E-state index contributed by atoms with van der Waals surface area (Å²) in [6, 6.07) is 11.8. The Morgan fingerprint density at radius 2 is 1.50 bits per heavy atom. The monoisotopic (exact) mass is 262 g/mol. The van der Waals surface area contributed by atoms with E-state index in [0.29, 0.717) is 11.2 Å². The van der Waals surface area contributed by atoms with Crippen molar-refractivity contribution in [1.82, 2.24) is 0 Å². The Hall–Kier alpha value is -2.88. The van der Waals surface area contributed by atoms with Crippen molar-refractivity contribution in [2.24, 2.45) is 0 Å². The van der Waals surface area contributed by atoms with Crippen molar-refractivity contribution in [3.8, 4) is 0 Å². The van der Waals surface area contributed by atoms with E-state index in [0.717, 1.165) is 21.5 Å². The molecular formula is C16H6O4. The average Bonchev–Trinajstić information content (AvgIpc) is 3.10. The van der Waals surface area contributed by atoms with Crippen LogP contribution in [0.1, 0.15) is 20.7 Å². The molecule has 1 aliphatic rings. The molecule has 0 unspecified atom stereocenters. The van der Waals surface area contributed by atoms with Gasteiger partial charge in [-0.15, -0.1) is 0 Å². The average molecular weight is 262 g/mol. The molecular weight excluding hydrogens is 256 g/mol. The van der Waals surface area contributed by atoms with Gasteiger partial charge in [0.25, 0.3) is 0 Å². The molecule has 3 heterocycles. The first-order valence-electron chi connectivity index (χ1n) is 6.21. The number of hydrogen-bond acceptors (Lipinski definition) is 4. The number of furan rings is 2. The van der Waals surface area contributed by atoms with Gasteiger partial charge in [-0.2, -0.15) is 0 Å². The molecule has 0 saturated heterocycles. The molecule has 4 heteroatoms. The Kier molecular flexibility index (Phi) is 1.49. The molecule has 1 aliphatic heterocycles. The lowest BCUT2D eigenvalue weighted by Crippen LogP contribution is -1.97. The third-order valence-electron chi connectivity index (χ3n) is 3.90. The van der Waals surface area contributed by atoms with Crippen molar-refractivity contribution >= 4 is 44.6 Å². The van der Waals surface area contributed by atoms with Crippen LogP contribution >= 0.6 is 0 Å². The van der Waals surface area contributed by atoms with Crippen molar-refractivity contribution < 1.29 is 18.7 Å². The molecule has 2 aromatic heterocycles. The number of hydrogen-bond donors (Lipinski definition) is 0. The van der Waals surface area contributed by atoms with Crippen molar-refractivity contribution in [2.45, 2.75) is 0 Å². The topological polar surface area (TPSA) is 56.5 Å². The van der Waals surface area contributed by atoms with Crippen molar-refractivity contribution in [1.29, 1.82) is 0 Å². The SMILES string of the molecule is O=C1OC(=O)c2c1c1oc2c2c3ccccc3ccc12. The molecule has 0 amide bonds. The van der Waals surface area contributed by atoms with Gasteiger partial charge in [0.15, 0.2) is 11.2 Å². The van der Waals surface area contributed by atoms with Crippen LogP contribution in [0.5, 0.6) is 0 Å². The fraction of sp³-hybridized carbons (Fsp3) is 0. The van der Waals surface area contributed by atoms with Gasteiger partial charge in [0, 0.05) is 10.8 Å². The smallest absolute Gasteiger partial charge is 0.350 e. The summed E-state index contributed by atoms with van der Waals surface area (Å²) in [5.41, 5.74) is 1.45. The molecule has 4 nitrogen and oxygen atoms in total. The summed E-state index contributed by atoms with van der Waals surface area (Å²) in [5.74, 6) is -1.23. The Bertz CT molecular complexity index is 1050. The number of esters is 2. The minimum absolute atomic E-state index is 0.271. The first-order valence-corrected chi connectivity index (χ1v) is 6.21. The number of rotatable bonds is 0. The van der Waals surface area contributed by atoms with E-state index < -0.39 is 11.9 Å². The minimum atomic E-state index is -0.617. The second-order valence-electron chi connectivity index (χ2n) is 4.90. The standard InChI is InChI=1S/C16H6O4/c17-15-11-12(16(18)20-15)14-10-8-4-2-1-3-7(8)5-6-9(10)13(11)19-14/h1-6H. The maximum Gasteiger partial charge on any atom is 0.350 e. The summed E-state index contributed by atoms with van der Waals surface area (Å²) >= 11 is 0. The highest BCUT2D eigenvalue weighted by Gasteiger charge is 2.40. The number of benzene rings is 3. The number of cyclic esters (lactones) is 2. The molecule has 0 saturated carbocycles. The van der Waals surface area contributed by atoms with Gasteiger partial charge in [-0.25, -0.2) is 9.59 Å². The summed E-state index contributed by atoms with van der Waals surface area (Å²) in [6.45, 7) is 0. The zero-order chi connectivity index (χ0) is 13.4. The lowest BCUT2D eigenvalue weighted by molar-refractivity contribution is 0.0443. The van der Waals surface area contributed by atoms with Gasteiger partial charge < -0.3 is 9.15 Å². The van der Waals surface area contributed by atoms with Crippen LogP contribution in [0.4, 0.5) is 0 Å².